The molecule has 1 aromatic rings. The predicted molar refractivity (Wildman–Crippen MR) is 79.9 cm³/mol. The molecule has 0 aliphatic heterocycles. The Morgan fingerprint density at radius 3 is 2.48 bits per heavy atom. The van der Waals surface area contributed by atoms with E-state index in [1.165, 1.54) is 26.2 Å². The summed E-state index contributed by atoms with van der Waals surface area (Å²) in [6.45, 7) is 5.52. The fourth-order valence-corrected chi connectivity index (χ4v) is 3.42. The molecule has 21 heavy (non-hydrogen) atoms. The van der Waals surface area contributed by atoms with Gasteiger partial charge in [-0.15, -0.1) is 0 Å². The molecule has 0 bridgehead atoms. The van der Waals surface area contributed by atoms with Crippen LogP contribution in [0, 0.1) is 18.7 Å². The first-order valence-corrected chi connectivity index (χ1v) is 8.21. The van der Waals surface area contributed by atoms with Crippen LogP contribution in [0.1, 0.15) is 25.0 Å². The number of rotatable bonds is 7. The molecule has 3 N–H and O–H groups in total. The van der Waals surface area contributed by atoms with Gasteiger partial charge in [0.2, 0.25) is 10.0 Å². The lowest BCUT2D eigenvalue weighted by molar-refractivity contribution is 0.157. The second-order valence-electron chi connectivity index (χ2n) is 5.34. The molecule has 1 rings (SSSR count). The number of ether oxygens (including phenoxy) is 1. The van der Waals surface area contributed by atoms with Crippen molar-refractivity contribution in [2.45, 2.75) is 38.3 Å². The Morgan fingerprint density at radius 1 is 1.38 bits per heavy atom. The molecule has 7 heteroatoms. The van der Waals surface area contributed by atoms with Gasteiger partial charge >= 0.3 is 0 Å². The summed E-state index contributed by atoms with van der Waals surface area (Å²) in [5.74, 6) is -0.399. The van der Waals surface area contributed by atoms with Crippen molar-refractivity contribution >= 4 is 10.0 Å². The third kappa shape index (κ3) is 4.47. The summed E-state index contributed by atoms with van der Waals surface area (Å²) in [4.78, 5) is 0.0172. The number of methoxy groups -OCH3 is 1. The van der Waals surface area contributed by atoms with Gasteiger partial charge in [-0.05, 0) is 30.5 Å². The third-order valence-corrected chi connectivity index (χ3v) is 4.76. The van der Waals surface area contributed by atoms with Crippen LogP contribution in [0.3, 0.4) is 0 Å². The van der Waals surface area contributed by atoms with Gasteiger partial charge in [0, 0.05) is 25.3 Å². The summed E-state index contributed by atoms with van der Waals surface area (Å²) >= 11 is 0. The Kier molecular flexibility index (Phi) is 6.27. The zero-order chi connectivity index (χ0) is 16.2. The van der Waals surface area contributed by atoms with Crippen LogP contribution in [-0.4, -0.2) is 28.2 Å². The summed E-state index contributed by atoms with van der Waals surface area (Å²) in [6, 6.07) is 2.22. The summed E-state index contributed by atoms with van der Waals surface area (Å²) in [7, 11) is -2.24. The Balaban J connectivity index is 3.16. The van der Waals surface area contributed by atoms with Crippen molar-refractivity contribution in [3.8, 4) is 0 Å². The number of aryl methyl sites for hydroxylation is 1. The lowest BCUT2D eigenvalue weighted by Gasteiger charge is -2.21. The molecular weight excluding hydrogens is 295 g/mol. The summed E-state index contributed by atoms with van der Waals surface area (Å²) in [5.41, 5.74) is 5.89. The molecule has 0 spiro atoms. The van der Waals surface area contributed by atoms with E-state index in [0.29, 0.717) is 0 Å². The highest BCUT2D eigenvalue weighted by atomic mass is 32.2. The third-order valence-electron chi connectivity index (χ3n) is 3.29. The molecule has 0 heterocycles. The highest BCUT2D eigenvalue weighted by Crippen LogP contribution is 2.20. The van der Waals surface area contributed by atoms with E-state index >= 15 is 0 Å². The molecule has 0 saturated carbocycles. The van der Waals surface area contributed by atoms with Crippen LogP contribution in [0.15, 0.2) is 17.0 Å². The molecule has 0 amide bonds. The van der Waals surface area contributed by atoms with Crippen molar-refractivity contribution in [2.75, 3.05) is 13.7 Å². The molecule has 0 aliphatic rings. The van der Waals surface area contributed by atoms with Crippen molar-refractivity contribution in [3.63, 3.8) is 0 Å². The van der Waals surface area contributed by atoms with E-state index in [1.807, 2.05) is 13.8 Å². The zero-order valence-electron chi connectivity index (χ0n) is 12.8. The number of benzene rings is 1. The van der Waals surface area contributed by atoms with E-state index in [2.05, 4.69) is 4.72 Å². The molecule has 0 fully saturated rings. The molecule has 0 aliphatic carbocycles. The lowest BCUT2D eigenvalue weighted by atomic mass is 10.1. The topological polar surface area (TPSA) is 81.4 Å². The van der Waals surface area contributed by atoms with Crippen molar-refractivity contribution in [2.24, 2.45) is 11.7 Å². The lowest BCUT2D eigenvalue weighted by Crippen LogP contribution is -2.41. The second kappa shape index (κ2) is 7.31. The van der Waals surface area contributed by atoms with Gasteiger partial charge in [-0.3, -0.25) is 0 Å². The fraction of sp³-hybridized carbons (Fsp3) is 0.571. The summed E-state index contributed by atoms with van der Waals surface area (Å²) in [5, 5.41) is 0. The Hall–Kier alpha value is -1.02. The second-order valence-corrected chi connectivity index (χ2v) is 7.06. The zero-order valence-corrected chi connectivity index (χ0v) is 13.6. The smallest absolute Gasteiger partial charge is 0.240 e. The van der Waals surface area contributed by atoms with E-state index in [9.17, 15) is 12.8 Å². The quantitative estimate of drug-likeness (QED) is 0.799. The van der Waals surface area contributed by atoms with E-state index < -0.39 is 15.8 Å². The number of hydrogen-bond acceptors (Lipinski definition) is 4. The van der Waals surface area contributed by atoms with Crippen LogP contribution in [0.4, 0.5) is 4.39 Å². The van der Waals surface area contributed by atoms with Crippen LogP contribution in [0.5, 0.6) is 0 Å². The number of sulfonamides is 1. The van der Waals surface area contributed by atoms with Crippen LogP contribution < -0.4 is 10.5 Å². The predicted octanol–water partition coefficient (Wildman–Crippen LogP) is 1.54. The molecule has 1 aromatic carbocycles. The van der Waals surface area contributed by atoms with Gasteiger partial charge in [0.15, 0.2) is 0 Å². The first-order chi connectivity index (χ1) is 9.72. The van der Waals surface area contributed by atoms with Gasteiger partial charge in [-0.2, -0.15) is 0 Å². The van der Waals surface area contributed by atoms with Gasteiger partial charge in [-0.25, -0.2) is 17.5 Å². The average Bonchev–Trinajstić information content (AvgIpc) is 2.40. The van der Waals surface area contributed by atoms with Gasteiger partial charge in [0.1, 0.15) is 5.82 Å². The van der Waals surface area contributed by atoms with Crippen LogP contribution in [-0.2, 0) is 21.3 Å². The van der Waals surface area contributed by atoms with Crippen LogP contribution in [0.2, 0.25) is 0 Å². The van der Waals surface area contributed by atoms with Crippen LogP contribution in [0.25, 0.3) is 0 Å². The maximum atomic E-state index is 13.8. The minimum Gasteiger partial charge on any atom is -0.383 e. The number of hydrogen-bond donors (Lipinski definition) is 2. The molecule has 0 saturated heterocycles. The van der Waals surface area contributed by atoms with E-state index in [-0.39, 0.29) is 41.1 Å². The molecule has 120 valence electrons. The Morgan fingerprint density at radius 2 is 2.00 bits per heavy atom. The molecule has 0 aromatic heterocycles. The van der Waals surface area contributed by atoms with Gasteiger partial charge in [-0.1, -0.05) is 13.8 Å². The summed E-state index contributed by atoms with van der Waals surface area (Å²) < 4.78 is 46.2. The van der Waals surface area contributed by atoms with Crippen molar-refractivity contribution in [1.29, 1.82) is 0 Å². The van der Waals surface area contributed by atoms with Crippen molar-refractivity contribution in [1.82, 2.24) is 4.72 Å². The van der Waals surface area contributed by atoms with E-state index in [0.717, 1.165) is 0 Å². The first-order valence-electron chi connectivity index (χ1n) is 6.73. The molecule has 1 atom stereocenters. The number of nitrogens with one attached hydrogen (secondary N) is 1. The highest BCUT2D eigenvalue weighted by Gasteiger charge is 2.24. The van der Waals surface area contributed by atoms with Crippen molar-refractivity contribution in [3.05, 3.63) is 29.1 Å². The Bertz CT molecular complexity index is 588. The van der Waals surface area contributed by atoms with Crippen LogP contribution >= 0.6 is 0 Å². The average molecular weight is 318 g/mol. The van der Waals surface area contributed by atoms with Crippen molar-refractivity contribution < 1.29 is 17.5 Å². The highest BCUT2D eigenvalue weighted by molar-refractivity contribution is 7.89. The summed E-state index contributed by atoms with van der Waals surface area (Å²) in [6.07, 6.45) is 0. The normalized spacial score (nSPS) is 13.7. The minimum atomic E-state index is -3.75. The number of halogens is 1. The van der Waals surface area contributed by atoms with Gasteiger partial charge in [0.25, 0.3) is 0 Å². The van der Waals surface area contributed by atoms with Gasteiger partial charge < -0.3 is 10.5 Å². The molecule has 1 unspecified atom stereocenters. The largest absolute Gasteiger partial charge is 0.383 e. The molecular formula is C14H23FN2O3S. The molecule has 0 radical (unpaired) electrons. The first kappa shape index (κ1) is 18.0. The SMILES string of the molecule is COCC(NS(=O)(=O)c1cc(C)c(F)c(CN)c1)C(C)C. The molecule has 5 nitrogen and oxygen atoms in total. The van der Waals surface area contributed by atoms with E-state index in [4.69, 9.17) is 10.5 Å². The maximum Gasteiger partial charge on any atom is 0.240 e. The monoisotopic (exact) mass is 318 g/mol. The Labute approximate surface area is 125 Å². The number of nitrogens with two attached hydrogens (primary N) is 1. The fourth-order valence-electron chi connectivity index (χ4n) is 1.92. The van der Waals surface area contributed by atoms with Gasteiger partial charge in [0.05, 0.1) is 11.5 Å². The van der Waals surface area contributed by atoms with E-state index in [1.54, 1.807) is 0 Å². The standard InChI is InChI=1S/C14H23FN2O3S/c1-9(2)13(8-20-4)17-21(18,19)12-5-10(3)14(15)11(6-12)7-16/h5-6,9,13,17H,7-8,16H2,1-4H3. The minimum absolute atomic E-state index is 0.0172. The maximum absolute atomic E-state index is 13.8.